The number of carbonyl (C=O) groups is 1. The number of hydrogen-bond donors (Lipinski definition) is 1. The van der Waals surface area contributed by atoms with Crippen LogP contribution in [0, 0.1) is 11.3 Å². The molecular formula is C11H17N3O2. The summed E-state index contributed by atoms with van der Waals surface area (Å²) in [5, 5.41) is 17.6. The van der Waals surface area contributed by atoms with Crippen LogP contribution in [0.15, 0.2) is 12.2 Å². The van der Waals surface area contributed by atoms with E-state index in [4.69, 9.17) is 10.4 Å². The molecule has 0 radical (unpaired) electrons. The van der Waals surface area contributed by atoms with E-state index in [1.165, 1.54) is 0 Å². The summed E-state index contributed by atoms with van der Waals surface area (Å²) >= 11 is 0. The molecule has 0 aliphatic carbocycles. The van der Waals surface area contributed by atoms with Gasteiger partial charge < -0.3 is 14.9 Å². The first-order chi connectivity index (χ1) is 7.60. The zero-order valence-electron chi connectivity index (χ0n) is 9.52. The lowest BCUT2D eigenvalue weighted by Crippen LogP contribution is -2.54. The number of carbonyl (C=O) groups excluding carboxylic acids is 1. The topological polar surface area (TPSA) is 67.6 Å². The minimum Gasteiger partial charge on any atom is -0.391 e. The molecule has 0 aromatic rings. The van der Waals surface area contributed by atoms with E-state index in [0.29, 0.717) is 19.5 Å². The molecule has 0 aromatic carbocycles. The Kier molecular flexibility index (Phi) is 4.47. The predicted octanol–water partition coefficient (Wildman–Crippen LogP) is -0.409. The first-order valence-electron chi connectivity index (χ1n) is 5.25. The van der Waals surface area contributed by atoms with Gasteiger partial charge in [0.15, 0.2) is 0 Å². The monoisotopic (exact) mass is 223 g/mol. The summed E-state index contributed by atoms with van der Waals surface area (Å²) in [5.74, 6) is -0.240. The number of rotatable bonds is 3. The molecule has 1 saturated heterocycles. The number of amides is 1. The maximum absolute atomic E-state index is 11.9. The number of aliphatic hydroxyl groups excluding tert-OH is 1. The molecule has 5 heteroatoms. The lowest BCUT2D eigenvalue weighted by Gasteiger charge is -2.39. The predicted molar refractivity (Wildman–Crippen MR) is 59.5 cm³/mol. The Morgan fingerprint density at radius 2 is 2.31 bits per heavy atom. The zero-order valence-corrected chi connectivity index (χ0v) is 9.52. The van der Waals surface area contributed by atoms with E-state index in [9.17, 15) is 4.79 Å². The van der Waals surface area contributed by atoms with Gasteiger partial charge in [-0.15, -0.1) is 0 Å². The van der Waals surface area contributed by atoms with Crippen molar-refractivity contribution in [2.24, 2.45) is 0 Å². The van der Waals surface area contributed by atoms with Gasteiger partial charge in [0.25, 0.3) is 5.91 Å². The van der Waals surface area contributed by atoms with Gasteiger partial charge in [-0.05, 0) is 7.05 Å². The van der Waals surface area contributed by atoms with Gasteiger partial charge in [0, 0.05) is 25.2 Å². The van der Waals surface area contributed by atoms with Gasteiger partial charge in [-0.2, -0.15) is 5.26 Å². The third-order valence-electron chi connectivity index (χ3n) is 2.77. The Balaban J connectivity index is 2.73. The molecular weight excluding hydrogens is 206 g/mol. The number of aliphatic hydroxyl groups is 1. The Labute approximate surface area is 95.6 Å². The van der Waals surface area contributed by atoms with Crippen molar-refractivity contribution in [3.8, 4) is 6.07 Å². The molecule has 1 amide bonds. The van der Waals surface area contributed by atoms with Crippen LogP contribution in [0.1, 0.15) is 6.42 Å². The molecule has 1 aliphatic heterocycles. The average molecular weight is 223 g/mol. The van der Waals surface area contributed by atoms with Gasteiger partial charge in [-0.25, -0.2) is 0 Å². The highest BCUT2D eigenvalue weighted by Crippen LogP contribution is 2.14. The summed E-state index contributed by atoms with van der Waals surface area (Å²) in [4.78, 5) is 15.6. The van der Waals surface area contributed by atoms with Crippen LogP contribution in [-0.2, 0) is 4.79 Å². The minimum atomic E-state index is -0.329. The van der Waals surface area contributed by atoms with Gasteiger partial charge in [0.05, 0.1) is 25.1 Å². The highest BCUT2D eigenvalue weighted by Gasteiger charge is 2.29. The van der Waals surface area contributed by atoms with E-state index < -0.39 is 0 Å². The smallest absolute Gasteiger partial charge is 0.251 e. The average Bonchev–Trinajstić information content (AvgIpc) is 2.28. The van der Waals surface area contributed by atoms with E-state index in [2.05, 4.69) is 17.5 Å². The van der Waals surface area contributed by atoms with Crippen molar-refractivity contribution in [3.05, 3.63) is 12.2 Å². The largest absolute Gasteiger partial charge is 0.391 e. The highest BCUT2D eigenvalue weighted by molar-refractivity contribution is 5.93. The summed E-state index contributed by atoms with van der Waals surface area (Å²) < 4.78 is 0. The highest BCUT2D eigenvalue weighted by atomic mass is 16.3. The van der Waals surface area contributed by atoms with Crippen LogP contribution >= 0.6 is 0 Å². The van der Waals surface area contributed by atoms with Crippen molar-refractivity contribution >= 4 is 5.91 Å². The van der Waals surface area contributed by atoms with Crippen molar-refractivity contribution in [1.82, 2.24) is 9.80 Å². The summed E-state index contributed by atoms with van der Waals surface area (Å²) in [5.41, 5.74) is 0.187. The maximum atomic E-state index is 11.9. The van der Waals surface area contributed by atoms with Crippen LogP contribution < -0.4 is 0 Å². The third-order valence-corrected chi connectivity index (χ3v) is 2.77. The SMILES string of the molecule is C=C(CO)C(=O)N1CCN(C)C[C@@H]1CC#N. The third kappa shape index (κ3) is 2.81. The molecule has 1 fully saturated rings. The molecule has 0 bridgehead atoms. The summed E-state index contributed by atoms with van der Waals surface area (Å²) in [6, 6.07) is 1.99. The lowest BCUT2D eigenvalue weighted by molar-refractivity contribution is -0.132. The van der Waals surface area contributed by atoms with Crippen molar-refractivity contribution in [2.75, 3.05) is 33.3 Å². The second kappa shape index (κ2) is 5.64. The van der Waals surface area contributed by atoms with E-state index in [1.807, 2.05) is 7.05 Å². The van der Waals surface area contributed by atoms with Crippen molar-refractivity contribution < 1.29 is 9.90 Å². The van der Waals surface area contributed by atoms with E-state index in [1.54, 1.807) is 4.90 Å². The second-order valence-corrected chi connectivity index (χ2v) is 4.04. The molecule has 0 unspecified atom stereocenters. The molecule has 16 heavy (non-hydrogen) atoms. The molecule has 1 rings (SSSR count). The van der Waals surface area contributed by atoms with Crippen molar-refractivity contribution in [3.63, 3.8) is 0 Å². The molecule has 1 aliphatic rings. The van der Waals surface area contributed by atoms with Crippen LogP contribution in [0.4, 0.5) is 0 Å². The van der Waals surface area contributed by atoms with E-state index in [-0.39, 0.29) is 24.1 Å². The normalized spacial score (nSPS) is 21.6. The summed E-state index contributed by atoms with van der Waals surface area (Å²) in [6.45, 7) is 5.26. The fraction of sp³-hybridized carbons (Fsp3) is 0.636. The van der Waals surface area contributed by atoms with Crippen LogP contribution in [0.2, 0.25) is 0 Å². The number of nitrogens with zero attached hydrogens (tertiary/aromatic N) is 3. The first-order valence-corrected chi connectivity index (χ1v) is 5.25. The van der Waals surface area contributed by atoms with Crippen LogP contribution in [-0.4, -0.2) is 60.1 Å². The zero-order chi connectivity index (χ0) is 12.1. The molecule has 88 valence electrons. The quantitative estimate of drug-likeness (QED) is 0.661. The maximum Gasteiger partial charge on any atom is 0.251 e. The molecule has 1 atom stereocenters. The molecule has 0 aromatic heterocycles. The van der Waals surface area contributed by atoms with Gasteiger partial charge in [-0.3, -0.25) is 4.79 Å². The summed E-state index contributed by atoms with van der Waals surface area (Å²) in [7, 11) is 1.97. The van der Waals surface area contributed by atoms with Crippen LogP contribution in [0.3, 0.4) is 0 Å². The molecule has 0 spiro atoms. The fourth-order valence-corrected chi connectivity index (χ4v) is 1.83. The number of hydrogen-bond acceptors (Lipinski definition) is 4. The van der Waals surface area contributed by atoms with E-state index >= 15 is 0 Å². The van der Waals surface area contributed by atoms with Crippen LogP contribution in [0.5, 0.6) is 0 Å². The first kappa shape index (κ1) is 12.7. The van der Waals surface area contributed by atoms with Gasteiger partial charge >= 0.3 is 0 Å². The van der Waals surface area contributed by atoms with Crippen molar-refractivity contribution in [2.45, 2.75) is 12.5 Å². The van der Waals surface area contributed by atoms with Gasteiger partial charge in [-0.1, -0.05) is 6.58 Å². The second-order valence-electron chi connectivity index (χ2n) is 4.04. The number of likely N-dealkylation sites (N-methyl/N-ethyl adjacent to an activating group) is 1. The minimum absolute atomic E-state index is 0.0976. The van der Waals surface area contributed by atoms with E-state index in [0.717, 1.165) is 6.54 Å². The fourth-order valence-electron chi connectivity index (χ4n) is 1.83. The lowest BCUT2D eigenvalue weighted by atomic mass is 10.1. The number of piperazine rings is 1. The van der Waals surface area contributed by atoms with Crippen molar-refractivity contribution in [1.29, 1.82) is 5.26 Å². The Bertz CT molecular complexity index is 322. The van der Waals surface area contributed by atoms with Gasteiger partial charge in [0.1, 0.15) is 0 Å². The Hall–Kier alpha value is -1.38. The standard InChI is InChI=1S/C11H17N3O2/c1-9(8-15)11(16)14-6-5-13(2)7-10(14)3-4-12/h10,15H,1,3,5-8H2,2H3/t10-/m0/s1. The Morgan fingerprint density at radius 1 is 1.62 bits per heavy atom. The number of nitriles is 1. The molecule has 5 nitrogen and oxygen atoms in total. The molecule has 1 N–H and O–H groups in total. The molecule has 0 saturated carbocycles. The van der Waals surface area contributed by atoms with Gasteiger partial charge in [0.2, 0.25) is 0 Å². The molecule has 1 heterocycles. The van der Waals surface area contributed by atoms with Crippen LogP contribution in [0.25, 0.3) is 0 Å². The Morgan fingerprint density at radius 3 is 2.88 bits per heavy atom. The summed E-state index contributed by atoms with van der Waals surface area (Å²) in [6.07, 6.45) is 0.314.